The molecule has 3 aliphatic rings. The molecule has 0 unspecified atom stereocenters. The number of hydrogen-bond acceptors (Lipinski definition) is 6. The Morgan fingerprint density at radius 3 is 2.45 bits per heavy atom. The minimum absolute atomic E-state index is 0.0605. The van der Waals surface area contributed by atoms with Crippen LogP contribution >= 0.6 is 0 Å². The van der Waals surface area contributed by atoms with E-state index in [1.807, 2.05) is 0 Å². The van der Waals surface area contributed by atoms with Crippen LogP contribution < -0.4 is 10.2 Å². The van der Waals surface area contributed by atoms with Gasteiger partial charge in [-0.3, -0.25) is 29.0 Å². The SMILES string of the molecule is CN1C(=O)c2ccc(C(=O)OCC(=O)N3c4ccccc4NC(=O)C34CCCC4)cc2C1=O. The summed E-state index contributed by atoms with van der Waals surface area (Å²) in [6.45, 7) is -0.563. The lowest BCUT2D eigenvalue weighted by atomic mass is 9.90. The van der Waals surface area contributed by atoms with Crippen LogP contribution in [-0.4, -0.2) is 53.7 Å². The van der Waals surface area contributed by atoms with Gasteiger partial charge >= 0.3 is 5.97 Å². The van der Waals surface area contributed by atoms with Crippen molar-refractivity contribution in [2.45, 2.75) is 31.2 Å². The summed E-state index contributed by atoms with van der Waals surface area (Å²) >= 11 is 0. The molecule has 2 aliphatic heterocycles. The summed E-state index contributed by atoms with van der Waals surface area (Å²) in [5.41, 5.74) is 0.507. The van der Waals surface area contributed by atoms with E-state index in [9.17, 15) is 24.0 Å². The summed E-state index contributed by atoms with van der Waals surface area (Å²) in [6, 6.07) is 11.1. The third-order valence-corrected chi connectivity index (χ3v) is 6.58. The molecule has 2 aromatic carbocycles. The average Bonchev–Trinajstić information content (AvgIpc) is 3.38. The zero-order valence-corrected chi connectivity index (χ0v) is 17.9. The lowest BCUT2D eigenvalue weighted by Gasteiger charge is -2.44. The van der Waals surface area contributed by atoms with Gasteiger partial charge in [-0.25, -0.2) is 4.79 Å². The highest BCUT2D eigenvalue weighted by Crippen LogP contribution is 2.45. The fraction of sp³-hybridized carbons (Fsp3) is 0.292. The van der Waals surface area contributed by atoms with Gasteiger partial charge in [0.1, 0.15) is 5.54 Å². The molecule has 1 spiro atoms. The number of rotatable bonds is 3. The van der Waals surface area contributed by atoms with Crippen LogP contribution in [0.5, 0.6) is 0 Å². The third kappa shape index (κ3) is 3.11. The monoisotopic (exact) mass is 447 g/mol. The number of imide groups is 1. The molecule has 1 saturated carbocycles. The number of nitrogens with zero attached hydrogens (tertiary/aromatic N) is 2. The van der Waals surface area contributed by atoms with Crippen molar-refractivity contribution in [1.82, 2.24) is 4.90 Å². The lowest BCUT2D eigenvalue weighted by Crippen LogP contribution is -2.61. The Morgan fingerprint density at radius 1 is 1.00 bits per heavy atom. The number of anilines is 2. The van der Waals surface area contributed by atoms with Crippen molar-refractivity contribution in [1.29, 1.82) is 0 Å². The normalized spacial score (nSPS) is 18.3. The van der Waals surface area contributed by atoms with E-state index in [1.165, 1.54) is 30.1 Å². The van der Waals surface area contributed by atoms with Crippen LogP contribution in [0.4, 0.5) is 11.4 Å². The van der Waals surface area contributed by atoms with Crippen molar-refractivity contribution < 1.29 is 28.7 Å². The Bertz CT molecular complexity index is 1230. The van der Waals surface area contributed by atoms with Gasteiger partial charge in [0.15, 0.2) is 6.61 Å². The van der Waals surface area contributed by atoms with E-state index in [0.717, 1.165) is 17.7 Å². The van der Waals surface area contributed by atoms with Crippen molar-refractivity contribution in [2.75, 3.05) is 23.9 Å². The number of nitrogens with one attached hydrogen (secondary N) is 1. The second kappa shape index (κ2) is 7.54. The van der Waals surface area contributed by atoms with Gasteiger partial charge in [-0.15, -0.1) is 0 Å². The molecule has 168 valence electrons. The molecular formula is C24H21N3O6. The number of esters is 1. The van der Waals surface area contributed by atoms with E-state index in [1.54, 1.807) is 24.3 Å². The van der Waals surface area contributed by atoms with Crippen molar-refractivity contribution in [3.63, 3.8) is 0 Å². The Morgan fingerprint density at radius 2 is 1.70 bits per heavy atom. The first-order chi connectivity index (χ1) is 15.8. The van der Waals surface area contributed by atoms with Crippen molar-refractivity contribution >= 4 is 41.0 Å². The second-order valence-electron chi connectivity index (χ2n) is 8.44. The summed E-state index contributed by atoms with van der Waals surface area (Å²) in [4.78, 5) is 65.6. The zero-order valence-electron chi connectivity index (χ0n) is 17.9. The largest absolute Gasteiger partial charge is 0.452 e. The summed E-state index contributed by atoms with van der Waals surface area (Å²) in [6.07, 6.45) is 2.69. The molecule has 1 aliphatic carbocycles. The van der Waals surface area contributed by atoms with Crippen LogP contribution in [0.15, 0.2) is 42.5 Å². The standard InChI is InChI=1S/C24H21N3O6/c1-26-20(29)15-9-8-14(12-16(15)21(26)30)22(31)33-13-19(28)27-18-7-3-2-6-17(18)25-23(32)24(27)10-4-5-11-24/h2-3,6-9,12H,4-5,10-11,13H2,1H3,(H,25,32). The van der Waals surface area contributed by atoms with Gasteiger partial charge in [-0.1, -0.05) is 25.0 Å². The smallest absolute Gasteiger partial charge is 0.338 e. The quantitative estimate of drug-likeness (QED) is 0.571. The van der Waals surface area contributed by atoms with Crippen LogP contribution in [0.3, 0.4) is 0 Å². The second-order valence-corrected chi connectivity index (χ2v) is 8.44. The number of carbonyl (C=O) groups is 5. The van der Waals surface area contributed by atoms with Gasteiger partial charge in [0.2, 0.25) is 0 Å². The molecule has 0 aromatic heterocycles. The van der Waals surface area contributed by atoms with Crippen LogP contribution in [0, 0.1) is 0 Å². The summed E-state index contributed by atoms with van der Waals surface area (Å²) in [7, 11) is 1.37. The number of carbonyl (C=O) groups excluding carboxylic acids is 5. The maximum Gasteiger partial charge on any atom is 0.338 e. The third-order valence-electron chi connectivity index (χ3n) is 6.58. The molecule has 0 bridgehead atoms. The topological polar surface area (TPSA) is 113 Å². The van der Waals surface area contributed by atoms with E-state index in [0.29, 0.717) is 24.2 Å². The van der Waals surface area contributed by atoms with Gasteiger partial charge < -0.3 is 10.1 Å². The molecule has 9 heteroatoms. The van der Waals surface area contributed by atoms with Gasteiger partial charge in [0.25, 0.3) is 23.6 Å². The fourth-order valence-electron chi connectivity index (χ4n) is 4.89. The molecule has 0 atom stereocenters. The first-order valence-corrected chi connectivity index (χ1v) is 10.7. The highest BCUT2D eigenvalue weighted by molar-refractivity contribution is 6.21. The molecule has 33 heavy (non-hydrogen) atoms. The first-order valence-electron chi connectivity index (χ1n) is 10.7. The predicted molar refractivity (Wildman–Crippen MR) is 117 cm³/mol. The van der Waals surface area contributed by atoms with E-state index in [2.05, 4.69) is 5.32 Å². The molecule has 2 aromatic rings. The number of fused-ring (bicyclic) bond motifs is 2. The summed E-state index contributed by atoms with van der Waals surface area (Å²) in [5, 5.41) is 2.90. The Kier molecular flexibility index (Phi) is 4.77. The molecule has 0 saturated heterocycles. The molecule has 4 amide bonds. The van der Waals surface area contributed by atoms with E-state index in [-0.39, 0.29) is 22.6 Å². The highest BCUT2D eigenvalue weighted by Gasteiger charge is 2.52. The minimum Gasteiger partial charge on any atom is -0.452 e. The molecule has 1 N–H and O–H groups in total. The Balaban J connectivity index is 1.38. The molecule has 0 radical (unpaired) electrons. The number of benzene rings is 2. The first kappa shape index (κ1) is 20.9. The van der Waals surface area contributed by atoms with Gasteiger partial charge in [-0.2, -0.15) is 0 Å². The molecule has 2 heterocycles. The van der Waals surface area contributed by atoms with Gasteiger partial charge in [0.05, 0.1) is 28.1 Å². The zero-order chi connectivity index (χ0) is 23.3. The van der Waals surface area contributed by atoms with Crippen molar-refractivity contribution in [3.05, 3.63) is 59.2 Å². The van der Waals surface area contributed by atoms with Crippen LogP contribution in [0.1, 0.15) is 56.8 Å². The van der Waals surface area contributed by atoms with Crippen LogP contribution in [-0.2, 0) is 14.3 Å². The highest BCUT2D eigenvalue weighted by atomic mass is 16.5. The van der Waals surface area contributed by atoms with E-state index >= 15 is 0 Å². The Labute approximate surface area is 189 Å². The average molecular weight is 447 g/mol. The van der Waals surface area contributed by atoms with E-state index < -0.39 is 35.8 Å². The molecule has 9 nitrogen and oxygen atoms in total. The number of hydrogen-bond donors (Lipinski definition) is 1. The molecular weight excluding hydrogens is 426 g/mol. The molecule has 5 rings (SSSR count). The van der Waals surface area contributed by atoms with Crippen molar-refractivity contribution in [3.8, 4) is 0 Å². The van der Waals surface area contributed by atoms with Crippen LogP contribution in [0.25, 0.3) is 0 Å². The van der Waals surface area contributed by atoms with Gasteiger partial charge in [0, 0.05) is 7.05 Å². The fourth-order valence-corrected chi connectivity index (χ4v) is 4.89. The summed E-state index contributed by atoms with van der Waals surface area (Å²) in [5.74, 6) is -2.46. The van der Waals surface area contributed by atoms with Crippen LogP contribution in [0.2, 0.25) is 0 Å². The number of amides is 4. The van der Waals surface area contributed by atoms with Crippen molar-refractivity contribution in [2.24, 2.45) is 0 Å². The maximum atomic E-state index is 13.3. The number of para-hydroxylation sites is 2. The van der Waals surface area contributed by atoms with E-state index in [4.69, 9.17) is 4.74 Å². The minimum atomic E-state index is -0.997. The predicted octanol–water partition coefficient (Wildman–Crippen LogP) is 2.37. The Hall–Kier alpha value is -4.01. The lowest BCUT2D eigenvalue weighted by molar-refractivity contribution is -0.129. The number of ether oxygens (including phenoxy) is 1. The molecule has 1 fully saturated rings. The van der Waals surface area contributed by atoms with Gasteiger partial charge in [-0.05, 0) is 43.2 Å². The summed E-state index contributed by atoms with van der Waals surface area (Å²) < 4.78 is 5.27. The maximum absolute atomic E-state index is 13.3.